The molecule has 0 saturated carbocycles. The number of hydrogen-bond donors (Lipinski definition) is 1. The number of pyridine rings is 1. The number of rotatable bonds is 6. The second-order valence-corrected chi connectivity index (χ2v) is 8.36. The molecule has 32 heavy (non-hydrogen) atoms. The van der Waals surface area contributed by atoms with E-state index < -0.39 is 0 Å². The fourth-order valence-corrected chi connectivity index (χ4v) is 4.72. The molecule has 0 spiro atoms. The van der Waals surface area contributed by atoms with Crippen molar-refractivity contribution in [1.29, 1.82) is 5.26 Å². The second-order valence-electron chi connectivity index (χ2n) is 7.36. The van der Waals surface area contributed by atoms with Crippen molar-refractivity contribution in [3.63, 3.8) is 0 Å². The zero-order valence-corrected chi connectivity index (χ0v) is 18.2. The summed E-state index contributed by atoms with van der Waals surface area (Å²) < 4.78 is 12.7. The number of amides is 1. The highest BCUT2D eigenvalue weighted by Gasteiger charge is 2.17. The van der Waals surface area contributed by atoms with Gasteiger partial charge >= 0.3 is 0 Å². The van der Waals surface area contributed by atoms with Crippen molar-refractivity contribution in [2.75, 3.05) is 12.5 Å². The van der Waals surface area contributed by atoms with E-state index in [2.05, 4.69) is 11.4 Å². The second kappa shape index (κ2) is 8.44. The lowest BCUT2D eigenvalue weighted by atomic mass is 10.1. The Morgan fingerprint density at radius 1 is 1.22 bits per heavy atom. The Morgan fingerprint density at radius 3 is 2.91 bits per heavy atom. The Morgan fingerprint density at radius 2 is 2.06 bits per heavy atom. The highest BCUT2D eigenvalue weighted by atomic mass is 32.2. The molecule has 7 nitrogen and oxygen atoms in total. The molecule has 1 aliphatic heterocycles. The molecule has 2 aromatic carbocycles. The molecule has 160 valence electrons. The van der Waals surface area contributed by atoms with E-state index in [-0.39, 0.29) is 18.5 Å². The van der Waals surface area contributed by atoms with Gasteiger partial charge in [0, 0.05) is 6.54 Å². The van der Waals surface area contributed by atoms with Crippen molar-refractivity contribution in [2.45, 2.75) is 24.9 Å². The zero-order chi connectivity index (χ0) is 22.1. The number of ether oxygens (including phenoxy) is 2. The molecule has 5 rings (SSSR count). The number of carbonyl (C=O) groups is 1. The summed E-state index contributed by atoms with van der Waals surface area (Å²) in [5.41, 5.74) is 4.84. The monoisotopic (exact) mass is 444 g/mol. The van der Waals surface area contributed by atoms with Crippen LogP contribution in [0.15, 0.2) is 53.6 Å². The number of para-hydroxylation sites is 2. The summed E-state index contributed by atoms with van der Waals surface area (Å²) in [6, 6.07) is 17.7. The number of aromatic nitrogens is 2. The molecule has 0 unspecified atom stereocenters. The number of aryl methyl sites for hydroxylation is 1. The van der Waals surface area contributed by atoms with Crippen molar-refractivity contribution in [3.8, 4) is 17.6 Å². The summed E-state index contributed by atoms with van der Waals surface area (Å²) in [7, 11) is 0. The van der Waals surface area contributed by atoms with Gasteiger partial charge in [-0.15, -0.1) is 0 Å². The Bertz CT molecular complexity index is 1390. The van der Waals surface area contributed by atoms with Crippen molar-refractivity contribution in [3.05, 3.63) is 65.2 Å². The van der Waals surface area contributed by atoms with Crippen LogP contribution < -0.4 is 14.8 Å². The lowest BCUT2D eigenvalue weighted by Crippen LogP contribution is -2.24. The molecular weight excluding hydrogens is 424 g/mol. The Labute approximate surface area is 189 Å². The molecule has 0 atom stereocenters. The van der Waals surface area contributed by atoms with E-state index in [0.29, 0.717) is 29.9 Å². The van der Waals surface area contributed by atoms with Gasteiger partial charge in [0.1, 0.15) is 6.07 Å². The van der Waals surface area contributed by atoms with E-state index in [1.807, 2.05) is 59.9 Å². The van der Waals surface area contributed by atoms with E-state index in [0.717, 1.165) is 32.9 Å². The predicted molar refractivity (Wildman–Crippen MR) is 122 cm³/mol. The minimum atomic E-state index is -0.0763. The molecule has 1 amide bonds. The number of thioether (sulfide) groups is 1. The molecule has 1 aliphatic rings. The number of fused-ring (bicyclic) bond motifs is 4. The molecule has 0 aliphatic carbocycles. The van der Waals surface area contributed by atoms with Crippen LogP contribution in [0.1, 0.15) is 23.6 Å². The molecular formula is C24H20N4O3S. The number of nitriles is 1. The minimum absolute atomic E-state index is 0.0763. The van der Waals surface area contributed by atoms with Crippen LogP contribution in [0.4, 0.5) is 0 Å². The topological polar surface area (TPSA) is 88.7 Å². The summed E-state index contributed by atoms with van der Waals surface area (Å²) in [4.78, 5) is 17.3. The minimum Gasteiger partial charge on any atom is -0.454 e. The molecule has 0 bridgehead atoms. The number of imidazole rings is 1. The first-order chi connectivity index (χ1) is 15.7. The van der Waals surface area contributed by atoms with Crippen LogP contribution in [0.5, 0.6) is 11.5 Å². The first-order valence-electron chi connectivity index (χ1n) is 10.3. The van der Waals surface area contributed by atoms with Crippen LogP contribution >= 0.6 is 11.8 Å². The van der Waals surface area contributed by atoms with E-state index in [9.17, 15) is 10.1 Å². The number of carbonyl (C=O) groups excluding carboxylic acids is 1. The highest BCUT2D eigenvalue weighted by Crippen LogP contribution is 2.33. The summed E-state index contributed by atoms with van der Waals surface area (Å²) >= 11 is 1.44. The third-order valence-electron chi connectivity index (χ3n) is 5.39. The van der Waals surface area contributed by atoms with Crippen LogP contribution in [0.25, 0.3) is 16.7 Å². The van der Waals surface area contributed by atoms with Gasteiger partial charge in [0.2, 0.25) is 12.7 Å². The van der Waals surface area contributed by atoms with Crippen LogP contribution in [0.2, 0.25) is 0 Å². The van der Waals surface area contributed by atoms with Gasteiger partial charge in [-0.05, 0) is 47.9 Å². The van der Waals surface area contributed by atoms with Gasteiger partial charge in [0.15, 0.2) is 17.1 Å². The molecule has 0 saturated heterocycles. The number of nitrogens with zero attached hydrogens (tertiary/aromatic N) is 3. The van der Waals surface area contributed by atoms with Gasteiger partial charge in [0.25, 0.3) is 0 Å². The Hall–Kier alpha value is -3.70. The lowest BCUT2D eigenvalue weighted by Gasteiger charge is -2.11. The zero-order valence-electron chi connectivity index (χ0n) is 17.4. The summed E-state index contributed by atoms with van der Waals surface area (Å²) in [5, 5.41) is 13.6. The van der Waals surface area contributed by atoms with Crippen molar-refractivity contribution < 1.29 is 14.3 Å². The third-order valence-corrected chi connectivity index (χ3v) is 6.40. The fourth-order valence-electron chi connectivity index (χ4n) is 3.80. The summed E-state index contributed by atoms with van der Waals surface area (Å²) in [6.45, 7) is 2.65. The quantitative estimate of drug-likeness (QED) is 0.451. The largest absolute Gasteiger partial charge is 0.454 e. The average molecular weight is 445 g/mol. The number of nitrogens with one attached hydrogen (secondary N) is 1. The molecule has 2 aromatic heterocycles. The Kier molecular flexibility index (Phi) is 5.33. The smallest absolute Gasteiger partial charge is 0.231 e. The van der Waals surface area contributed by atoms with Gasteiger partial charge in [-0.1, -0.05) is 36.9 Å². The summed E-state index contributed by atoms with van der Waals surface area (Å²) in [6.07, 6.45) is 0.715. The standard InChI is InChI=1S/C24H20N4O3S/c1-2-16-10-23(28-19-6-4-3-5-18(19)27-24(28)17(16)11-25)32-13-22(29)26-12-15-7-8-20-21(9-15)31-14-30-20/h3-10H,2,12-14H2,1H3,(H,26,29). The van der Waals surface area contributed by atoms with E-state index in [1.165, 1.54) is 11.8 Å². The van der Waals surface area contributed by atoms with Crippen LogP contribution in [-0.2, 0) is 17.8 Å². The van der Waals surface area contributed by atoms with Gasteiger partial charge in [-0.3, -0.25) is 9.20 Å². The van der Waals surface area contributed by atoms with Crippen molar-refractivity contribution >= 4 is 34.3 Å². The molecule has 0 fully saturated rings. The molecule has 4 aromatic rings. The van der Waals surface area contributed by atoms with Crippen LogP contribution in [0, 0.1) is 11.3 Å². The van der Waals surface area contributed by atoms with Gasteiger partial charge in [-0.25, -0.2) is 4.98 Å². The molecule has 8 heteroatoms. The predicted octanol–water partition coefficient (Wildman–Crippen LogP) is 4.06. The normalized spacial score (nSPS) is 12.2. The van der Waals surface area contributed by atoms with E-state index in [1.54, 1.807) is 0 Å². The Balaban J connectivity index is 1.36. The SMILES string of the molecule is CCc1cc(SCC(=O)NCc2ccc3c(c2)OCO3)n2c(nc3ccccc32)c1C#N. The van der Waals surface area contributed by atoms with Crippen molar-refractivity contribution in [1.82, 2.24) is 14.7 Å². The van der Waals surface area contributed by atoms with Crippen LogP contribution in [0.3, 0.4) is 0 Å². The van der Waals surface area contributed by atoms with Gasteiger partial charge in [-0.2, -0.15) is 5.26 Å². The molecule has 1 N–H and O–H groups in total. The summed E-state index contributed by atoms with van der Waals surface area (Å²) in [5.74, 6) is 1.60. The third kappa shape index (κ3) is 3.61. The maximum absolute atomic E-state index is 12.6. The molecule has 3 heterocycles. The van der Waals surface area contributed by atoms with E-state index >= 15 is 0 Å². The fraction of sp³-hybridized carbons (Fsp3) is 0.208. The van der Waals surface area contributed by atoms with Crippen LogP contribution in [-0.4, -0.2) is 27.8 Å². The molecule has 0 radical (unpaired) electrons. The number of benzene rings is 2. The average Bonchev–Trinajstić information content (AvgIpc) is 3.45. The van der Waals surface area contributed by atoms with E-state index in [4.69, 9.17) is 14.5 Å². The van der Waals surface area contributed by atoms with Gasteiger partial charge < -0.3 is 14.8 Å². The highest BCUT2D eigenvalue weighted by molar-refractivity contribution is 7.99. The first kappa shape index (κ1) is 20.2. The maximum Gasteiger partial charge on any atom is 0.231 e. The first-order valence-corrected chi connectivity index (χ1v) is 11.3. The van der Waals surface area contributed by atoms with Gasteiger partial charge in [0.05, 0.1) is 27.4 Å². The maximum atomic E-state index is 12.6. The van der Waals surface area contributed by atoms with Crippen molar-refractivity contribution in [2.24, 2.45) is 0 Å². The lowest BCUT2D eigenvalue weighted by molar-refractivity contribution is -0.118. The number of hydrogen-bond acceptors (Lipinski definition) is 6.